The van der Waals surface area contributed by atoms with E-state index in [1.807, 2.05) is 48.5 Å². The van der Waals surface area contributed by atoms with Crippen LogP contribution < -0.4 is 10.6 Å². The van der Waals surface area contributed by atoms with Gasteiger partial charge in [0.25, 0.3) is 0 Å². The number of para-hydroxylation sites is 1. The fourth-order valence-electron chi connectivity index (χ4n) is 3.03. The number of hydrogen-bond donors (Lipinski definition) is 2. The first-order valence-corrected chi connectivity index (χ1v) is 10.4. The van der Waals surface area contributed by atoms with Gasteiger partial charge >= 0.3 is 5.69 Å². The van der Waals surface area contributed by atoms with Crippen molar-refractivity contribution in [3.8, 4) is 0 Å². The number of hydrogen-bond acceptors (Lipinski definition) is 8. The molecule has 4 rings (SSSR count). The summed E-state index contributed by atoms with van der Waals surface area (Å²) in [5.74, 6) is 0.219. The van der Waals surface area contributed by atoms with Crippen LogP contribution in [0.1, 0.15) is 25.3 Å². The van der Waals surface area contributed by atoms with Crippen molar-refractivity contribution < 1.29 is 4.92 Å². The molecule has 2 aromatic heterocycles. The molecule has 0 spiro atoms. The molecule has 30 heavy (non-hydrogen) atoms. The molecule has 0 bridgehead atoms. The van der Waals surface area contributed by atoms with E-state index in [1.54, 1.807) is 0 Å². The van der Waals surface area contributed by atoms with E-state index in [-0.39, 0.29) is 17.3 Å². The van der Waals surface area contributed by atoms with Crippen LogP contribution in [0.2, 0.25) is 0 Å². The Labute approximate surface area is 177 Å². The first-order valence-electron chi connectivity index (χ1n) is 9.62. The van der Waals surface area contributed by atoms with Gasteiger partial charge < -0.3 is 10.6 Å². The van der Waals surface area contributed by atoms with Gasteiger partial charge in [-0.2, -0.15) is 0 Å². The van der Waals surface area contributed by atoms with Crippen molar-refractivity contribution in [3.63, 3.8) is 0 Å². The lowest BCUT2D eigenvalue weighted by atomic mass is 10.1. The van der Waals surface area contributed by atoms with Crippen LogP contribution in [-0.4, -0.2) is 19.9 Å². The van der Waals surface area contributed by atoms with Crippen LogP contribution in [-0.2, 0) is 6.42 Å². The van der Waals surface area contributed by atoms with E-state index >= 15 is 0 Å². The molecule has 9 heteroatoms. The molecule has 0 fully saturated rings. The average molecular weight is 420 g/mol. The highest BCUT2D eigenvalue weighted by Gasteiger charge is 2.24. The van der Waals surface area contributed by atoms with Crippen LogP contribution in [0.15, 0.2) is 54.9 Å². The van der Waals surface area contributed by atoms with E-state index in [4.69, 9.17) is 0 Å². The number of fused-ring (bicyclic) bond motifs is 1. The lowest BCUT2D eigenvalue weighted by Gasteiger charge is -2.09. The zero-order valence-electron chi connectivity index (χ0n) is 16.3. The molecule has 0 atom stereocenters. The van der Waals surface area contributed by atoms with Gasteiger partial charge in [0.05, 0.1) is 15.1 Å². The Morgan fingerprint density at radius 1 is 1.03 bits per heavy atom. The summed E-state index contributed by atoms with van der Waals surface area (Å²) in [6.07, 6.45) is 4.57. The molecule has 152 valence electrons. The van der Waals surface area contributed by atoms with Crippen molar-refractivity contribution in [2.24, 2.45) is 0 Å². The zero-order valence-corrected chi connectivity index (χ0v) is 17.1. The molecular weight excluding hydrogens is 400 g/mol. The van der Waals surface area contributed by atoms with Gasteiger partial charge in [-0.3, -0.25) is 10.1 Å². The van der Waals surface area contributed by atoms with Crippen molar-refractivity contribution in [2.45, 2.75) is 26.2 Å². The number of aryl methyl sites for hydroxylation is 1. The van der Waals surface area contributed by atoms with Crippen molar-refractivity contribution >= 4 is 49.7 Å². The number of nitrogens with zero attached hydrogens (tertiary/aromatic N) is 4. The zero-order chi connectivity index (χ0) is 20.9. The minimum atomic E-state index is -0.492. The molecular formula is C21H20N6O2S. The summed E-state index contributed by atoms with van der Waals surface area (Å²) in [5.41, 5.74) is 2.55. The van der Waals surface area contributed by atoms with E-state index in [9.17, 15) is 10.1 Å². The topological polar surface area (TPSA) is 106 Å². The van der Waals surface area contributed by atoms with Crippen LogP contribution >= 0.6 is 11.3 Å². The first kappa shape index (κ1) is 19.7. The molecule has 8 nitrogen and oxygen atoms in total. The third-order valence-electron chi connectivity index (χ3n) is 4.56. The maximum atomic E-state index is 11.8. The molecule has 2 heterocycles. The fourth-order valence-corrected chi connectivity index (χ4v) is 3.90. The number of thiazole rings is 1. The Bertz CT molecular complexity index is 1140. The monoisotopic (exact) mass is 420 g/mol. The SMILES string of the molecule is CCCCc1ccc(Nc2ncnc(Nc3nc4ccccc4s3)c2[N+](=O)[O-])cc1. The summed E-state index contributed by atoms with van der Waals surface area (Å²) < 4.78 is 0.984. The van der Waals surface area contributed by atoms with Gasteiger partial charge in [-0.1, -0.05) is 48.9 Å². The van der Waals surface area contributed by atoms with Crippen molar-refractivity contribution in [1.29, 1.82) is 0 Å². The second-order valence-corrected chi connectivity index (χ2v) is 7.74. The van der Waals surface area contributed by atoms with Crippen molar-refractivity contribution in [1.82, 2.24) is 15.0 Å². The Balaban J connectivity index is 1.60. The number of aromatic nitrogens is 3. The van der Waals surface area contributed by atoms with E-state index in [2.05, 4.69) is 32.5 Å². The summed E-state index contributed by atoms with van der Waals surface area (Å²) in [7, 11) is 0. The van der Waals surface area contributed by atoms with Crippen LogP contribution in [0.3, 0.4) is 0 Å². The molecule has 4 aromatic rings. The Kier molecular flexibility index (Phi) is 5.80. The predicted molar refractivity (Wildman–Crippen MR) is 120 cm³/mol. The van der Waals surface area contributed by atoms with Crippen LogP contribution in [0, 0.1) is 10.1 Å². The lowest BCUT2D eigenvalue weighted by molar-refractivity contribution is -0.383. The maximum Gasteiger partial charge on any atom is 0.353 e. The number of nitro groups is 1. The van der Waals surface area contributed by atoms with Crippen molar-refractivity contribution in [3.05, 3.63) is 70.5 Å². The normalized spacial score (nSPS) is 10.8. The van der Waals surface area contributed by atoms with Gasteiger partial charge in [-0.25, -0.2) is 15.0 Å². The number of unbranched alkanes of at least 4 members (excludes halogenated alkanes) is 1. The molecule has 0 radical (unpaired) electrons. The lowest BCUT2D eigenvalue weighted by Crippen LogP contribution is -2.05. The number of anilines is 4. The smallest absolute Gasteiger partial charge is 0.334 e. The van der Waals surface area contributed by atoms with Gasteiger partial charge in [0.15, 0.2) is 5.13 Å². The Morgan fingerprint density at radius 2 is 1.77 bits per heavy atom. The molecule has 0 saturated heterocycles. The van der Waals surface area contributed by atoms with E-state index < -0.39 is 4.92 Å². The van der Waals surface area contributed by atoms with Crippen LogP contribution in [0.5, 0.6) is 0 Å². The standard InChI is InChI=1S/C21H20N6O2S/c1-2-3-6-14-9-11-15(12-10-14)24-19-18(27(28)29)20(23-13-22-19)26-21-25-16-7-4-5-8-17(16)30-21/h4-5,7-13H,2-3,6H2,1H3,(H2,22,23,24,25,26). The fraction of sp³-hybridized carbons (Fsp3) is 0.190. The highest BCUT2D eigenvalue weighted by molar-refractivity contribution is 7.22. The van der Waals surface area contributed by atoms with E-state index in [1.165, 1.54) is 23.2 Å². The number of rotatable bonds is 8. The van der Waals surface area contributed by atoms with Gasteiger partial charge in [0, 0.05) is 5.69 Å². The minimum Gasteiger partial charge on any atom is -0.334 e. The molecule has 0 unspecified atom stereocenters. The van der Waals surface area contributed by atoms with Crippen molar-refractivity contribution in [2.75, 3.05) is 10.6 Å². The third-order valence-corrected chi connectivity index (χ3v) is 5.51. The molecule has 0 aliphatic heterocycles. The number of benzene rings is 2. The summed E-state index contributed by atoms with van der Waals surface area (Å²) in [5, 5.41) is 18.3. The van der Waals surface area contributed by atoms with E-state index in [0.29, 0.717) is 5.13 Å². The molecule has 0 aliphatic carbocycles. The minimum absolute atomic E-state index is 0.0936. The molecule has 0 saturated carbocycles. The van der Waals surface area contributed by atoms with Gasteiger partial charge in [0.1, 0.15) is 6.33 Å². The largest absolute Gasteiger partial charge is 0.353 e. The number of nitrogens with one attached hydrogen (secondary N) is 2. The van der Waals surface area contributed by atoms with Crippen LogP contribution in [0.25, 0.3) is 10.2 Å². The van der Waals surface area contributed by atoms with E-state index in [0.717, 1.165) is 35.2 Å². The maximum absolute atomic E-state index is 11.8. The first-order chi connectivity index (χ1) is 14.6. The predicted octanol–water partition coefficient (Wildman–Crippen LogP) is 5.82. The molecule has 0 aliphatic rings. The molecule has 0 amide bonds. The second kappa shape index (κ2) is 8.83. The second-order valence-electron chi connectivity index (χ2n) is 6.71. The van der Waals surface area contributed by atoms with Gasteiger partial charge in [-0.15, -0.1) is 0 Å². The summed E-state index contributed by atoms with van der Waals surface area (Å²) in [6.45, 7) is 2.16. The highest BCUT2D eigenvalue weighted by atomic mass is 32.1. The third kappa shape index (κ3) is 4.36. The average Bonchev–Trinajstić information content (AvgIpc) is 3.15. The summed E-state index contributed by atoms with van der Waals surface area (Å²) >= 11 is 1.40. The highest BCUT2D eigenvalue weighted by Crippen LogP contribution is 2.35. The Hall–Kier alpha value is -3.59. The molecule has 2 N–H and O–H groups in total. The van der Waals surface area contributed by atoms with Crippen LogP contribution in [0.4, 0.5) is 28.1 Å². The quantitative estimate of drug-likeness (QED) is 0.273. The van der Waals surface area contributed by atoms with Gasteiger partial charge in [0.2, 0.25) is 11.6 Å². The van der Waals surface area contributed by atoms with Gasteiger partial charge in [-0.05, 0) is 42.7 Å². The summed E-state index contributed by atoms with van der Waals surface area (Å²) in [4.78, 5) is 23.9. The summed E-state index contributed by atoms with van der Waals surface area (Å²) in [6, 6.07) is 15.5. The molecule has 2 aromatic carbocycles. The Morgan fingerprint density at radius 3 is 2.47 bits per heavy atom.